The Hall–Kier alpha value is -3.47. The van der Waals surface area contributed by atoms with Gasteiger partial charge in [-0.1, -0.05) is 25.5 Å². The summed E-state index contributed by atoms with van der Waals surface area (Å²) >= 11 is 0. The van der Waals surface area contributed by atoms with Crippen molar-refractivity contribution in [1.82, 2.24) is 25.2 Å². The summed E-state index contributed by atoms with van der Waals surface area (Å²) in [6, 6.07) is 8.17. The fourth-order valence-corrected chi connectivity index (χ4v) is 5.56. The highest BCUT2D eigenvalue weighted by Crippen LogP contribution is 2.26. The lowest BCUT2D eigenvalue weighted by Crippen LogP contribution is -2.45. The molecule has 1 fully saturated rings. The Bertz CT molecular complexity index is 1220. The van der Waals surface area contributed by atoms with Gasteiger partial charge in [0.25, 0.3) is 15.9 Å². The minimum Gasteiger partial charge on any atom is -0.337 e. The van der Waals surface area contributed by atoms with Crippen molar-refractivity contribution in [2.75, 3.05) is 6.54 Å². The zero-order valence-corrected chi connectivity index (χ0v) is 21.0. The van der Waals surface area contributed by atoms with E-state index in [1.807, 2.05) is 0 Å². The summed E-state index contributed by atoms with van der Waals surface area (Å²) in [5, 5.41) is 5.48. The molecule has 11 heteroatoms. The maximum atomic E-state index is 12.6. The second-order valence-electron chi connectivity index (χ2n) is 9.22. The molecule has 0 unspecified atom stereocenters. The average Bonchev–Trinajstić information content (AvgIpc) is 3.21. The number of urea groups is 2. The van der Waals surface area contributed by atoms with E-state index >= 15 is 0 Å². The highest BCUT2D eigenvalue weighted by Gasteiger charge is 2.32. The van der Waals surface area contributed by atoms with E-state index < -0.39 is 22.1 Å². The average molecular weight is 514 g/mol. The van der Waals surface area contributed by atoms with E-state index in [0.29, 0.717) is 23.6 Å². The largest absolute Gasteiger partial charge is 0.337 e. The Morgan fingerprint density at radius 1 is 1.08 bits per heavy atom. The van der Waals surface area contributed by atoms with Crippen LogP contribution in [-0.2, 0) is 23.0 Å². The SMILES string of the molecule is CCC1CCC(NC(=O)NS(=O)(=O)c2ccc(CCNC(=O)N3Cc4ncccc4C3=O)cc2)CC1. The van der Waals surface area contributed by atoms with Gasteiger partial charge in [-0.3, -0.25) is 14.7 Å². The van der Waals surface area contributed by atoms with E-state index in [9.17, 15) is 22.8 Å². The zero-order valence-electron chi connectivity index (χ0n) is 20.2. The molecule has 2 aliphatic rings. The molecule has 2 aromatic rings. The number of nitrogens with zero attached hydrogens (tertiary/aromatic N) is 2. The molecule has 4 rings (SSSR count). The number of carbonyl (C=O) groups excluding carboxylic acids is 3. The number of rotatable bonds is 7. The van der Waals surface area contributed by atoms with Crippen molar-refractivity contribution in [3.63, 3.8) is 0 Å². The predicted octanol–water partition coefficient (Wildman–Crippen LogP) is 2.95. The smallest absolute Gasteiger partial charge is 0.328 e. The van der Waals surface area contributed by atoms with Crippen LogP contribution in [0.4, 0.5) is 9.59 Å². The number of aromatic nitrogens is 1. The van der Waals surface area contributed by atoms with Gasteiger partial charge in [0.15, 0.2) is 0 Å². The molecule has 0 atom stereocenters. The van der Waals surface area contributed by atoms with Crippen molar-refractivity contribution in [2.45, 2.75) is 62.9 Å². The molecule has 5 amide bonds. The van der Waals surface area contributed by atoms with Crippen molar-refractivity contribution in [3.8, 4) is 0 Å². The van der Waals surface area contributed by atoms with E-state index in [2.05, 4.69) is 27.3 Å². The molecule has 1 saturated carbocycles. The van der Waals surface area contributed by atoms with Crippen LogP contribution < -0.4 is 15.4 Å². The Morgan fingerprint density at radius 2 is 1.81 bits per heavy atom. The molecule has 0 bridgehead atoms. The Kier molecular flexibility index (Phi) is 7.88. The van der Waals surface area contributed by atoms with Crippen LogP contribution in [0.5, 0.6) is 0 Å². The van der Waals surface area contributed by atoms with Crippen molar-refractivity contribution in [2.24, 2.45) is 5.92 Å². The van der Waals surface area contributed by atoms with E-state index in [-0.39, 0.29) is 29.9 Å². The van der Waals surface area contributed by atoms with Gasteiger partial charge in [-0.25, -0.2) is 22.7 Å². The first-order valence-corrected chi connectivity index (χ1v) is 13.7. The standard InChI is InChI=1S/C25H31N5O5S/c1-2-17-5-9-19(10-6-17)28-24(32)29-36(34,35)20-11-7-18(8-12-20)13-15-27-25(33)30-16-22-21(23(30)31)4-3-14-26-22/h3-4,7-8,11-12,14,17,19H,2,5-6,9-10,13,15-16H2,1H3,(H,27,33)(H2,28,29,32). The first-order chi connectivity index (χ1) is 17.3. The van der Waals surface area contributed by atoms with Gasteiger partial charge in [0.2, 0.25) is 0 Å². The van der Waals surface area contributed by atoms with Crippen LogP contribution in [0.15, 0.2) is 47.5 Å². The number of fused-ring (bicyclic) bond motifs is 1. The third-order valence-electron chi connectivity index (χ3n) is 6.83. The van der Waals surface area contributed by atoms with Gasteiger partial charge in [-0.05, 0) is 67.9 Å². The fraction of sp³-hybridized carbons (Fsp3) is 0.440. The third kappa shape index (κ3) is 6.01. The summed E-state index contributed by atoms with van der Waals surface area (Å²) in [6.07, 6.45) is 6.93. The quantitative estimate of drug-likeness (QED) is 0.521. The monoisotopic (exact) mass is 513 g/mol. The van der Waals surface area contributed by atoms with Crippen molar-refractivity contribution < 1.29 is 22.8 Å². The molecule has 1 aromatic carbocycles. The van der Waals surface area contributed by atoms with E-state index in [1.54, 1.807) is 30.5 Å². The number of nitrogens with one attached hydrogen (secondary N) is 3. The first kappa shape index (κ1) is 25.6. The van der Waals surface area contributed by atoms with Crippen LogP contribution in [-0.4, -0.2) is 48.9 Å². The number of sulfonamides is 1. The van der Waals surface area contributed by atoms with E-state index in [4.69, 9.17) is 0 Å². The van der Waals surface area contributed by atoms with Crippen LogP contribution >= 0.6 is 0 Å². The third-order valence-corrected chi connectivity index (χ3v) is 8.18. The lowest BCUT2D eigenvalue weighted by molar-refractivity contribution is 0.0820. The molecular weight excluding hydrogens is 482 g/mol. The van der Waals surface area contributed by atoms with Crippen molar-refractivity contribution in [3.05, 3.63) is 59.4 Å². The highest BCUT2D eigenvalue weighted by atomic mass is 32.2. The van der Waals surface area contributed by atoms with Crippen molar-refractivity contribution >= 4 is 28.0 Å². The summed E-state index contributed by atoms with van der Waals surface area (Å²) in [5.41, 5.74) is 1.79. The maximum Gasteiger partial charge on any atom is 0.328 e. The normalized spacial score (nSPS) is 19.5. The number of hydrogen-bond acceptors (Lipinski definition) is 6. The lowest BCUT2D eigenvalue weighted by atomic mass is 9.85. The van der Waals surface area contributed by atoms with Crippen molar-refractivity contribution in [1.29, 1.82) is 0 Å². The van der Waals surface area contributed by atoms with Crippen LogP contribution in [0, 0.1) is 5.92 Å². The Balaban J connectivity index is 1.23. The molecule has 2 heterocycles. The number of pyridine rings is 1. The minimum atomic E-state index is -4.00. The second-order valence-corrected chi connectivity index (χ2v) is 10.9. The van der Waals surface area contributed by atoms with Crippen LogP contribution in [0.3, 0.4) is 0 Å². The molecular formula is C25H31N5O5S. The molecule has 10 nitrogen and oxygen atoms in total. The van der Waals surface area contributed by atoms with Gasteiger partial charge in [-0.15, -0.1) is 0 Å². The molecule has 3 N–H and O–H groups in total. The van der Waals surface area contributed by atoms with Gasteiger partial charge < -0.3 is 10.6 Å². The second kappa shape index (κ2) is 11.1. The number of benzene rings is 1. The molecule has 192 valence electrons. The highest BCUT2D eigenvalue weighted by molar-refractivity contribution is 7.90. The van der Waals surface area contributed by atoms with Crippen LogP contribution in [0.1, 0.15) is 60.6 Å². The molecule has 1 aromatic heterocycles. The van der Waals surface area contributed by atoms with Gasteiger partial charge in [-0.2, -0.15) is 0 Å². The zero-order chi connectivity index (χ0) is 25.7. The molecule has 36 heavy (non-hydrogen) atoms. The summed E-state index contributed by atoms with van der Waals surface area (Å²) < 4.78 is 27.3. The lowest BCUT2D eigenvalue weighted by Gasteiger charge is -2.28. The molecule has 0 spiro atoms. The van der Waals surface area contributed by atoms with Gasteiger partial charge in [0.1, 0.15) is 0 Å². The summed E-state index contributed by atoms with van der Waals surface area (Å²) in [5.74, 6) is 0.300. The van der Waals surface area contributed by atoms with E-state index in [0.717, 1.165) is 42.6 Å². The topological polar surface area (TPSA) is 138 Å². The molecule has 1 aliphatic heterocycles. The summed E-state index contributed by atoms with van der Waals surface area (Å²) in [6.45, 7) is 2.56. The molecule has 0 radical (unpaired) electrons. The predicted molar refractivity (Wildman–Crippen MR) is 133 cm³/mol. The minimum absolute atomic E-state index is 0.0122. The van der Waals surface area contributed by atoms with Crippen LogP contribution in [0.25, 0.3) is 0 Å². The number of imide groups is 1. The summed E-state index contributed by atoms with van der Waals surface area (Å²) in [7, 11) is -4.00. The van der Waals surface area contributed by atoms with Crippen LogP contribution in [0.2, 0.25) is 0 Å². The Labute approximate surface area is 210 Å². The number of amides is 5. The maximum absolute atomic E-state index is 12.6. The molecule has 0 saturated heterocycles. The first-order valence-electron chi connectivity index (χ1n) is 12.2. The molecule has 1 aliphatic carbocycles. The van der Waals surface area contributed by atoms with Gasteiger partial charge in [0, 0.05) is 18.8 Å². The number of hydrogen-bond donors (Lipinski definition) is 3. The van der Waals surface area contributed by atoms with E-state index in [1.165, 1.54) is 12.1 Å². The summed E-state index contributed by atoms with van der Waals surface area (Å²) in [4.78, 5) is 42.2. The van der Waals surface area contributed by atoms with Gasteiger partial charge >= 0.3 is 12.1 Å². The fourth-order valence-electron chi connectivity index (χ4n) is 4.65. The van der Waals surface area contributed by atoms with Gasteiger partial charge in [0.05, 0.1) is 22.7 Å². The number of carbonyl (C=O) groups is 3. The Morgan fingerprint density at radius 3 is 2.47 bits per heavy atom.